The van der Waals surface area contributed by atoms with E-state index in [0.29, 0.717) is 18.2 Å². The van der Waals surface area contributed by atoms with Crippen molar-refractivity contribution in [1.82, 2.24) is 24.8 Å². The third kappa shape index (κ3) is 3.99. The largest absolute Gasteiger partial charge is 0.484 e. The Hall–Kier alpha value is -3.17. The molecule has 4 aromatic rings. The number of anilines is 2. The van der Waals surface area contributed by atoms with Crippen LogP contribution in [0.2, 0.25) is 0 Å². The van der Waals surface area contributed by atoms with Gasteiger partial charge in [0.1, 0.15) is 6.61 Å². The molecular weight excluding hydrogens is 446 g/mol. The van der Waals surface area contributed by atoms with Gasteiger partial charge in [-0.15, -0.1) is 11.3 Å². The number of likely N-dealkylation sites (N-methyl/N-ethyl adjacent to an activating group) is 1. The lowest BCUT2D eigenvalue weighted by Crippen LogP contribution is -2.40. The summed E-state index contributed by atoms with van der Waals surface area (Å²) < 4.78 is 6.24. The highest BCUT2D eigenvalue weighted by Crippen LogP contribution is 2.38. The number of para-hydroxylation sites is 1. The first-order chi connectivity index (χ1) is 16.5. The number of thiazole rings is 1. The van der Waals surface area contributed by atoms with Crippen molar-refractivity contribution in [3.8, 4) is 16.5 Å². The molecule has 6 rings (SSSR count). The highest BCUT2D eigenvalue weighted by Gasteiger charge is 2.29. The summed E-state index contributed by atoms with van der Waals surface area (Å²) in [7, 11) is 4.13. The van der Waals surface area contributed by atoms with Gasteiger partial charge in [0.25, 0.3) is 0 Å². The number of ether oxygens (including phenoxy) is 1. The molecule has 4 heterocycles. The summed E-state index contributed by atoms with van der Waals surface area (Å²) in [6, 6.07) is 9.01. The Morgan fingerprint density at radius 2 is 2.12 bits per heavy atom. The molecule has 1 unspecified atom stereocenters. The molecule has 8 nitrogen and oxygen atoms in total. The SMILES string of the molecule is Cc1ncc(-c2nc3c(c(N[C@@H]4CCc5[nH]c6ccccc6c5C4)n2)OCC(CN(C)C)N3)s1. The summed E-state index contributed by atoms with van der Waals surface area (Å²) in [6.45, 7) is 3.45. The minimum Gasteiger partial charge on any atom is -0.484 e. The Bertz CT molecular complexity index is 1340. The Morgan fingerprint density at radius 1 is 1.24 bits per heavy atom. The highest BCUT2D eigenvalue weighted by atomic mass is 32.1. The zero-order valence-electron chi connectivity index (χ0n) is 19.7. The minimum atomic E-state index is 0.171. The van der Waals surface area contributed by atoms with Gasteiger partial charge in [-0.25, -0.2) is 15.0 Å². The number of aryl methyl sites for hydroxylation is 2. The first-order valence-electron chi connectivity index (χ1n) is 11.8. The van der Waals surface area contributed by atoms with E-state index in [4.69, 9.17) is 14.7 Å². The summed E-state index contributed by atoms with van der Waals surface area (Å²) in [6.07, 6.45) is 4.85. The normalized spacial score (nSPS) is 19.4. The third-order valence-corrected chi connectivity index (χ3v) is 7.41. The van der Waals surface area contributed by atoms with Crippen LogP contribution >= 0.6 is 11.3 Å². The Morgan fingerprint density at radius 3 is 2.94 bits per heavy atom. The van der Waals surface area contributed by atoms with Crippen LogP contribution in [0.15, 0.2) is 30.5 Å². The Kier molecular flexibility index (Phi) is 5.38. The molecule has 3 aromatic heterocycles. The predicted molar refractivity (Wildman–Crippen MR) is 137 cm³/mol. The maximum Gasteiger partial charge on any atom is 0.204 e. The molecule has 176 valence electrons. The van der Waals surface area contributed by atoms with Crippen LogP contribution in [0.3, 0.4) is 0 Å². The van der Waals surface area contributed by atoms with Gasteiger partial charge in [0.2, 0.25) is 5.75 Å². The molecule has 0 spiro atoms. The number of aromatic amines is 1. The van der Waals surface area contributed by atoms with Gasteiger partial charge in [0, 0.05) is 35.4 Å². The standard InChI is InChI=1S/C25H29N7OS/c1-14-26-11-21(34-14)23-30-24(22-25(31-23)28-16(13-33-22)12-32(2)3)27-15-8-9-20-18(10-15)17-6-4-5-7-19(17)29-20/h4-7,11,15-16,29H,8-10,12-13H2,1-3H3,(H2,27,28,30,31)/t15-,16?/m1/s1. The smallest absolute Gasteiger partial charge is 0.204 e. The number of fused-ring (bicyclic) bond motifs is 4. The zero-order valence-corrected chi connectivity index (χ0v) is 20.5. The molecule has 0 radical (unpaired) electrons. The minimum absolute atomic E-state index is 0.171. The van der Waals surface area contributed by atoms with Crippen molar-refractivity contribution < 1.29 is 4.74 Å². The zero-order chi connectivity index (χ0) is 23.2. The molecule has 2 atom stereocenters. The van der Waals surface area contributed by atoms with Crippen LogP contribution in [0.1, 0.15) is 22.7 Å². The van der Waals surface area contributed by atoms with Gasteiger partial charge in [-0.3, -0.25) is 0 Å². The Labute approximate surface area is 202 Å². The topological polar surface area (TPSA) is 91.0 Å². The first-order valence-corrected chi connectivity index (χ1v) is 12.6. The van der Waals surface area contributed by atoms with E-state index in [1.807, 2.05) is 13.1 Å². The van der Waals surface area contributed by atoms with Crippen molar-refractivity contribution >= 4 is 33.9 Å². The van der Waals surface area contributed by atoms with Crippen LogP contribution in [0.4, 0.5) is 11.6 Å². The molecule has 34 heavy (non-hydrogen) atoms. The second-order valence-corrected chi connectivity index (χ2v) is 10.7. The van der Waals surface area contributed by atoms with Crippen molar-refractivity contribution in [2.45, 2.75) is 38.3 Å². The molecule has 0 fully saturated rings. The number of hydrogen-bond donors (Lipinski definition) is 3. The summed E-state index contributed by atoms with van der Waals surface area (Å²) in [4.78, 5) is 20.9. The lowest BCUT2D eigenvalue weighted by atomic mass is 9.91. The number of H-pyrrole nitrogens is 1. The van der Waals surface area contributed by atoms with Crippen LogP contribution in [0.25, 0.3) is 21.6 Å². The molecule has 2 aliphatic rings. The van der Waals surface area contributed by atoms with Gasteiger partial charge in [-0.05, 0) is 51.9 Å². The number of benzene rings is 1. The van der Waals surface area contributed by atoms with E-state index in [1.165, 1.54) is 22.2 Å². The monoisotopic (exact) mass is 475 g/mol. The Balaban J connectivity index is 1.33. The molecule has 0 saturated heterocycles. The van der Waals surface area contributed by atoms with E-state index >= 15 is 0 Å². The second-order valence-electron chi connectivity index (χ2n) is 9.44. The predicted octanol–water partition coefficient (Wildman–Crippen LogP) is 4.09. The van der Waals surface area contributed by atoms with Gasteiger partial charge >= 0.3 is 0 Å². The van der Waals surface area contributed by atoms with Crippen molar-refractivity contribution in [2.75, 3.05) is 37.9 Å². The number of aromatic nitrogens is 4. The van der Waals surface area contributed by atoms with Crippen LogP contribution in [-0.2, 0) is 12.8 Å². The highest BCUT2D eigenvalue weighted by molar-refractivity contribution is 7.14. The van der Waals surface area contributed by atoms with Crippen LogP contribution in [0.5, 0.6) is 5.75 Å². The maximum absolute atomic E-state index is 6.24. The molecule has 0 bridgehead atoms. The van der Waals surface area contributed by atoms with Gasteiger partial charge < -0.3 is 25.3 Å². The number of hydrogen-bond acceptors (Lipinski definition) is 8. The van der Waals surface area contributed by atoms with Gasteiger partial charge in [-0.1, -0.05) is 18.2 Å². The first kappa shape index (κ1) is 21.4. The van der Waals surface area contributed by atoms with Crippen molar-refractivity contribution in [2.24, 2.45) is 0 Å². The fourth-order valence-electron chi connectivity index (χ4n) is 5.00. The van der Waals surface area contributed by atoms with E-state index in [-0.39, 0.29) is 12.1 Å². The number of rotatable bonds is 5. The number of nitrogens with one attached hydrogen (secondary N) is 3. The number of nitrogens with zero attached hydrogens (tertiary/aromatic N) is 4. The lowest BCUT2D eigenvalue weighted by molar-refractivity contribution is 0.251. The molecule has 1 aliphatic carbocycles. The van der Waals surface area contributed by atoms with E-state index in [1.54, 1.807) is 11.3 Å². The molecule has 1 aromatic carbocycles. The summed E-state index contributed by atoms with van der Waals surface area (Å²) >= 11 is 1.61. The molecule has 1 aliphatic heterocycles. The quantitative estimate of drug-likeness (QED) is 0.400. The molecule has 9 heteroatoms. The van der Waals surface area contributed by atoms with Crippen LogP contribution in [0, 0.1) is 6.92 Å². The van der Waals surface area contributed by atoms with E-state index in [0.717, 1.165) is 47.3 Å². The molecule has 3 N–H and O–H groups in total. The summed E-state index contributed by atoms with van der Waals surface area (Å²) in [5.74, 6) is 2.90. The fraction of sp³-hybridized carbons (Fsp3) is 0.400. The summed E-state index contributed by atoms with van der Waals surface area (Å²) in [5.41, 5.74) is 3.98. The van der Waals surface area contributed by atoms with Crippen molar-refractivity contribution in [3.05, 3.63) is 46.7 Å². The van der Waals surface area contributed by atoms with Gasteiger partial charge in [0.15, 0.2) is 17.5 Å². The van der Waals surface area contributed by atoms with E-state index in [2.05, 4.69) is 63.9 Å². The van der Waals surface area contributed by atoms with E-state index in [9.17, 15) is 0 Å². The average molecular weight is 476 g/mol. The fourth-order valence-corrected chi connectivity index (χ4v) is 5.71. The van der Waals surface area contributed by atoms with Crippen molar-refractivity contribution in [1.29, 1.82) is 0 Å². The maximum atomic E-state index is 6.24. The average Bonchev–Trinajstić information content (AvgIpc) is 3.42. The lowest BCUT2D eigenvalue weighted by Gasteiger charge is -2.31. The van der Waals surface area contributed by atoms with Crippen LogP contribution < -0.4 is 15.4 Å². The summed E-state index contributed by atoms with van der Waals surface area (Å²) in [5, 5.41) is 9.62. The molecular formula is C25H29N7OS. The van der Waals surface area contributed by atoms with E-state index < -0.39 is 0 Å². The van der Waals surface area contributed by atoms with Gasteiger partial charge in [0.05, 0.1) is 15.9 Å². The third-order valence-electron chi connectivity index (χ3n) is 6.50. The molecule has 0 amide bonds. The van der Waals surface area contributed by atoms with Gasteiger partial charge in [-0.2, -0.15) is 0 Å². The second kappa shape index (κ2) is 8.56. The van der Waals surface area contributed by atoms with Crippen LogP contribution in [-0.4, -0.2) is 64.2 Å². The molecule has 0 saturated carbocycles. The van der Waals surface area contributed by atoms with Crippen molar-refractivity contribution in [3.63, 3.8) is 0 Å².